The number of benzene rings is 1. The van der Waals surface area contributed by atoms with Crippen LogP contribution in [-0.4, -0.2) is 57.1 Å². The number of aryl methyl sites for hydroxylation is 1. The Labute approximate surface area is 147 Å². The number of carbonyl (C=O) groups is 1. The van der Waals surface area contributed by atoms with Crippen LogP contribution in [0.4, 0.5) is 4.39 Å². The highest BCUT2D eigenvalue weighted by Gasteiger charge is 2.23. The lowest BCUT2D eigenvalue weighted by molar-refractivity contribution is -0.133. The third-order valence-electron chi connectivity index (χ3n) is 4.65. The van der Waals surface area contributed by atoms with Crippen LogP contribution in [0.15, 0.2) is 24.3 Å². The minimum absolute atomic E-state index is 0.0855. The zero-order valence-electron chi connectivity index (χ0n) is 14.7. The van der Waals surface area contributed by atoms with Gasteiger partial charge in [-0.1, -0.05) is 19.1 Å². The van der Waals surface area contributed by atoms with Crippen molar-refractivity contribution in [1.82, 2.24) is 25.0 Å². The van der Waals surface area contributed by atoms with Gasteiger partial charge in [-0.05, 0) is 30.5 Å². The Balaban J connectivity index is 1.47. The van der Waals surface area contributed by atoms with Gasteiger partial charge in [0.1, 0.15) is 11.6 Å². The molecule has 1 amide bonds. The van der Waals surface area contributed by atoms with Gasteiger partial charge in [-0.25, -0.2) is 9.37 Å². The predicted molar refractivity (Wildman–Crippen MR) is 92.4 cm³/mol. The Bertz CT molecular complexity index is 707. The van der Waals surface area contributed by atoms with E-state index < -0.39 is 0 Å². The summed E-state index contributed by atoms with van der Waals surface area (Å²) in [5.74, 6) is 1.60. The number of hydrogen-bond acceptors (Lipinski definition) is 4. The zero-order valence-corrected chi connectivity index (χ0v) is 14.7. The summed E-state index contributed by atoms with van der Waals surface area (Å²) in [7, 11) is 0. The summed E-state index contributed by atoms with van der Waals surface area (Å²) in [6.45, 7) is 7.69. The second-order valence-corrected chi connectivity index (χ2v) is 6.65. The molecule has 1 fully saturated rings. The van der Waals surface area contributed by atoms with Crippen LogP contribution in [0.5, 0.6) is 0 Å². The predicted octanol–water partition coefficient (Wildman–Crippen LogP) is 2.09. The summed E-state index contributed by atoms with van der Waals surface area (Å²) >= 11 is 0. The quantitative estimate of drug-likeness (QED) is 0.901. The van der Waals surface area contributed by atoms with Gasteiger partial charge in [-0.15, -0.1) is 0 Å². The Hall–Kier alpha value is -2.28. The molecule has 1 N–H and O–H groups in total. The fourth-order valence-electron chi connectivity index (χ4n) is 3.12. The molecule has 1 aromatic heterocycles. The second-order valence-electron chi connectivity index (χ2n) is 6.65. The number of halogens is 1. The van der Waals surface area contributed by atoms with E-state index in [1.54, 1.807) is 12.1 Å². The average Bonchev–Trinajstić information content (AvgIpc) is 3.01. The molecular formula is C18H24FN5O. The summed E-state index contributed by atoms with van der Waals surface area (Å²) in [5.41, 5.74) is 0.994. The number of aromatic amines is 1. The van der Waals surface area contributed by atoms with E-state index in [-0.39, 0.29) is 17.6 Å². The van der Waals surface area contributed by atoms with Crippen molar-refractivity contribution in [3.63, 3.8) is 0 Å². The van der Waals surface area contributed by atoms with Crippen molar-refractivity contribution < 1.29 is 9.18 Å². The normalized spacial score (nSPS) is 16.8. The molecule has 0 saturated carbocycles. The molecule has 1 aliphatic rings. The molecule has 0 bridgehead atoms. The fourth-order valence-corrected chi connectivity index (χ4v) is 3.12. The Morgan fingerprint density at radius 3 is 2.52 bits per heavy atom. The van der Waals surface area contributed by atoms with Crippen LogP contribution in [-0.2, 0) is 11.3 Å². The second kappa shape index (κ2) is 7.74. The first-order chi connectivity index (χ1) is 12.0. The van der Waals surface area contributed by atoms with E-state index in [0.717, 1.165) is 43.4 Å². The first-order valence-corrected chi connectivity index (χ1v) is 8.65. The zero-order chi connectivity index (χ0) is 17.8. The van der Waals surface area contributed by atoms with Crippen LogP contribution in [0.2, 0.25) is 0 Å². The molecule has 2 aromatic rings. The maximum absolute atomic E-state index is 13.0. The molecule has 1 aromatic carbocycles. The van der Waals surface area contributed by atoms with Crippen LogP contribution in [0.1, 0.15) is 36.5 Å². The number of carbonyl (C=O) groups excluding carboxylic acids is 1. The molecule has 3 rings (SSSR count). The first-order valence-electron chi connectivity index (χ1n) is 8.65. The molecule has 7 heteroatoms. The molecule has 134 valence electrons. The van der Waals surface area contributed by atoms with E-state index in [4.69, 9.17) is 0 Å². The summed E-state index contributed by atoms with van der Waals surface area (Å²) in [4.78, 5) is 21.0. The van der Waals surface area contributed by atoms with Gasteiger partial charge in [0.05, 0.1) is 6.54 Å². The Morgan fingerprint density at radius 2 is 1.92 bits per heavy atom. The highest BCUT2D eigenvalue weighted by Crippen LogP contribution is 2.21. The monoisotopic (exact) mass is 345 g/mol. The van der Waals surface area contributed by atoms with E-state index in [2.05, 4.69) is 20.1 Å². The standard InChI is InChI=1S/C18H24FN5O/c1-13(15-3-5-16(19)6-4-15)11-18(25)24-9-7-23(8-10-24)12-17-20-14(2)21-22-17/h3-6,13H,7-12H2,1-2H3,(H,20,21,22). The maximum atomic E-state index is 13.0. The van der Waals surface area contributed by atoms with Crippen LogP contribution >= 0.6 is 0 Å². The highest BCUT2D eigenvalue weighted by atomic mass is 19.1. The molecule has 1 saturated heterocycles. The molecule has 2 heterocycles. The van der Waals surface area contributed by atoms with Crippen LogP contribution in [0.3, 0.4) is 0 Å². The van der Waals surface area contributed by atoms with Gasteiger partial charge >= 0.3 is 0 Å². The van der Waals surface area contributed by atoms with Crippen LogP contribution in [0, 0.1) is 12.7 Å². The van der Waals surface area contributed by atoms with Gasteiger partial charge < -0.3 is 4.90 Å². The molecule has 0 spiro atoms. The number of H-pyrrole nitrogens is 1. The van der Waals surface area contributed by atoms with Gasteiger partial charge in [-0.2, -0.15) is 5.10 Å². The number of rotatable bonds is 5. The first kappa shape index (κ1) is 17.5. The van der Waals surface area contributed by atoms with Gasteiger partial charge in [0, 0.05) is 32.6 Å². The summed E-state index contributed by atoms with van der Waals surface area (Å²) in [6, 6.07) is 6.40. The molecule has 0 radical (unpaired) electrons. The number of nitrogens with zero attached hydrogens (tertiary/aromatic N) is 4. The summed E-state index contributed by atoms with van der Waals surface area (Å²) < 4.78 is 13.0. The van der Waals surface area contributed by atoms with E-state index in [1.165, 1.54) is 12.1 Å². The lowest BCUT2D eigenvalue weighted by atomic mass is 9.97. The fraction of sp³-hybridized carbons (Fsp3) is 0.500. The van der Waals surface area contributed by atoms with Gasteiger partial charge in [-0.3, -0.25) is 14.8 Å². The smallest absolute Gasteiger partial charge is 0.223 e. The van der Waals surface area contributed by atoms with Crippen molar-refractivity contribution in [2.75, 3.05) is 26.2 Å². The molecule has 6 nitrogen and oxygen atoms in total. The van der Waals surface area contributed by atoms with E-state index in [9.17, 15) is 9.18 Å². The van der Waals surface area contributed by atoms with Crippen molar-refractivity contribution in [1.29, 1.82) is 0 Å². The summed E-state index contributed by atoms with van der Waals surface area (Å²) in [6.07, 6.45) is 0.450. The van der Waals surface area contributed by atoms with E-state index in [1.807, 2.05) is 18.7 Å². The largest absolute Gasteiger partial charge is 0.340 e. The van der Waals surface area contributed by atoms with Crippen molar-refractivity contribution in [2.45, 2.75) is 32.7 Å². The topological polar surface area (TPSA) is 65.1 Å². The molecule has 1 atom stereocenters. The van der Waals surface area contributed by atoms with Crippen LogP contribution < -0.4 is 0 Å². The van der Waals surface area contributed by atoms with Crippen molar-refractivity contribution in [2.24, 2.45) is 0 Å². The lowest BCUT2D eigenvalue weighted by Crippen LogP contribution is -2.48. The number of aromatic nitrogens is 3. The Kier molecular flexibility index (Phi) is 5.43. The van der Waals surface area contributed by atoms with E-state index in [0.29, 0.717) is 13.0 Å². The number of nitrogens with one attached hydrogen (secondary N) is 1. The van der Waals surface area contributed by atoms with Crippen LogP contribution in [0.25, 0.3) is 0 Å². The molecule has 0 aliphatic carbocycles. The van der Waals surface area contributed by atoms with Gasteiger partial charge in [0.2, 0.25) is 5.91 Å². The lowest BCUT2D eigenvalue weighted by Gasteiger charge is -2.34. The molecule has 1 unspecified atom stereocenters. The molecule has 1 aliphatic heterocycles. The summed E-state index contributed by atoms with van der Waals surface area (Å²) in [5, 5.41) is 7.01. The molecule has 25 heavy (non-hydrogen) atoms. The third-order valence-corrected chi connectivity index (χ3v) is 4.65. The number of hydrogen-bond donors (Lipinski definition) is 1. The highest BCUT2D eigenvalue weighted by molar-refractivity contribution is 5.77. The van der Waals surface area contributed by atoms with Crippen molar-refractivity contribution in [3.05, 3.63) is 47.3 Å². The SMILES string of the molecule is Cc1nc(CN2CCN(C(=O)CC(C)c3ccc(F)cc3)CC2)n[nH]1. The number of piperazine rings is 1. The average molecular weight is 345 g/mol. The van der Waals surface area contributed by atoms with Crippen molar-refractivity contribution >= 4 is 5.91 Å². The van der Waals surface area contributed by atoms with Gasteiger partial charge in [0.15, 0.2) is 5.82 Å². The van der Waals surface area contributed by atoms with Crippen molar-refractivity contribution in [3.8, 4) is 0 Å². The minimum atomic E-state index is -0.250. The maximum Gasteiger partial charge on any atom is 0.223 e. The molecular weight excluding hydrogens is 321 g/mol. The minimum Gasteiger partial charge on any atom is -0.340 e. The Morgan fingerprint density at radius 1 is 1.24 bits per heavy atom. The number of amides is 1. The third kappa shape index (κ3) is 4.63. The van der Waals surface area contributed by atoms with E-state index >= 15 is 0 Å². The van der Waals surface area contributed by atoms with Gasteiger partial charge in [0.25, 0.3) is 0 Å².